The molecule has 0 saturated carbocycles. The van der Waals surface area contributed by atoms with Gasteiger partial charge in [-0.3, -0.25) is 4.79 Å². The molecule has 45 heavy (non-hydrogen) atoms. The van der Waals surface area contributed by atoms with E-state index in [9.17, 15) is 14.7 Å². The number of rotatable bonds is 15. The molecule has 0 unspecified atom stereocenters. The molecule has 2 N–H and O–H groups in total. The molecule has 0 saturated heterocycles. The summed E-state index contributed by atoms with van der Waals surface area (Å²) in [5, 5.41) is 13.5. The first kappa shape index (κ1) is 33.3. The Morgan fingerprint density at radius 2 is 1.69 bits per heavy atom. The number of nitrogens with zero attached hydrogens (tertiary/aromatic N) is 2. The van der Waals surface area contributed by atoms with Crippen LogP contribution in [0.1, 0.15) is 77.9 Å². The Labute approximate surface area is 269 Å². The van der Waals surface area contributed by atoms with E-state index in [1.165, 1.54) is 37.0 Å². The first-order valence-corrected chi connectivity index (χ1v) is 16.2. The summed E-state index contributed by atoms with van der Waals surface area (Å²) < 4.78 is 6.86. The third-order valence-electron chi connectivity index (χ3n) is 7.51. The second kappa shape index (κ2) is 16.5. The normalized spacial score (nSPS) is 12.6. The van der Waals surface area contributed by atoms with E-state index in [0.717, 1.165) is 56.7 Å². The number of unbranched alkanes of at least 4 members (excludes halogenated alkanes) is 4. The van der Waals surface area contributed by atoms with Gasteiger partial charge >= 0.3 is 5.97 Å². The lowest BCUT2D eigenvalue weighted by Crippen LogP contribution is -2.42. The Bertz CT molecular complexity index is 1670. The maximum Gasteiger partial charge on any atom is 0.326 e. The van der Waals surface area contributed by atoms with Crippen LogP contribution >= 0.6 is 11.3 Å². The number of hydrogen-bond donors (Lipinski definition) is 2. The Morgan fingerprint density at radius 3 is 2.38 bits per heavy atom. The fraction of sp³-hybridized carbons (Fsp3) is 0.297. The minimum Gasteiger partial charge on any atom is -0.494 e. The smallest absolute Gasteiger partial charge is 0.326 e. The zero-order valence-electron chi connectivity index (χ0n) is 26.2. The Kier molecular flexibility index (Phi) is 12.2. The third kappa shape index (κ3) is 9.71. The number of carboxylic acid groups (broad SMARTS) is 1. The number of carbonyl (C=O) groups excluding carboxylic acids is 1. The summed E-state index contributed by atoms with van der Waals surface area (Å²) in [5.41, 5.74) is 4.61. The molecule has 1 heterocycles. The SMILES string of the molecule is C=N/C(=N\C=C(/C)c1ccc(OCCCCCCC)cc1)c1ccc(C[C@H](NC(=O)c2cc3ccc(C)cc3s2)C(=O)O)cc1. The minimum atomic E-state index is -1.10. The highest BCUT2D eigenvalue weighted by molar-refractivity contribution is 7.20. The Hall–Kier alpha value is -4.56. The number of aliphatic carboxylic acids is 1. The number of ether oxygens (including phenoxy) is 1. The number of nitrogens with one attached hydrogen (secondary N) is 1. The number of allylic oxidation sites excluding steroid dienone is 1. The van der Waals surface area contributed by atoms with Crippen molar-refractivity contribution in [2.45, 2.75) is 65.3 Å². The highest BCUT2D eigenvalue weighted by atomic mass is 32.1. The van der Waals surface area contributed by atoms with Gasteiger partial charge in [0.2, 0.25) is 0 Å². The zero-order chi connectivity index (χ0) is 32.2. The van der Waals surface area contributed by atoms with Gasteiger partial charge in [-0.2, -0.15) is 0 Å². The summed E-state index contributed by atoms with van der Waals surface area (Å²) in [7, 11) is 0. The molecule has 0 fully saturated rings. The summed E-state index contributed by atoms with van der Waals surface area (Å²) in [5.74, 6) is -0.182. The van der Waals surface area contributed by atoms with Crippen LogP contribution in [0.2, 0.25) is 0 Å². The largest absolute Gasteiger partial charge is 0.494 e. The summed E-state index contributed by atoms with van der Waals surface area (Å²) >= 11 is 1.35. The number of carbonyl (C=O) groups is 2. The zero-order valence-corrected chi connectivity index (χ0v) is 27.0. The van der Waals surface area contributed by atoms with Crippen molar-refractivity contribution in [1.82, 2.24) is 5.32 Å². The van der Waals surface area contributed by atoms with E-state index < -0.39 is 17.9 Å². The molecule has 0 radical (unpaired) electrons. The van der Waals surface area contributed by atoms with E-state index in [-0.39, 0.29) is 6.42 Å². The van der Waals surface area contributed by atoms with E-state index in [1.54, 1.807) is 12.3 Å². The summed E-state index contributed by atoms with van der Waals surface area (Å²) in [4.78, 5) is 34.1. The van der Waals surface area contributed by atoms with E-state index in [4.69, 9.17) is 4.74 Å². The van der Waals surface area contributed by atoms with Crippen molar-refractivity contribution in [1.29, 1.82) is 0 Å². The van der Waals surface area contributed by atoms with Crippen molar-refractivity contribution in [3.05, 3.63) is 106 Å². The third-order valence-corrected chi connectivity index (χ3v) is 8.61. The predicted octanol–water partition coefficient (Wildman–Crippen LogP) is 8.49. The maximum absolute atomic E-state index is 12.9. The predicted molar refractivity (Wildman–Crippen MR) is 186 cm³/mol. The van der Waals surface area contributed by atoms with Gasteiger partial charge in [-0.1, -0.05) is 81.1 Å². The number of thiophene rings is 1. The monoisotopic (exact) mass is 623 g/mol. The number of fused-ring (bicyclic) bond motifs is 1. The fourth-order valence-electron chi connectivity index (χ4n) is 4.85. The molecular formula is C37H41N3O4S. The van der Waals surface area contributed by atoms with E-state index in [2.05, 4.69) is 28.9 Å². The van der Waals surface area contributed by atoms with Crippen LogP contribution in [0, 0.1) is 6.92 Å². The standard InChI is InChI=1S/C37H41N3O4S/c1-5-6-7-8-9-20-44-31-18-16-28(17-19-31)26(3)24-39-35(38-4)29-14-11-27(12-15-29)22-32(37(42)43)40-36(41)34-23-30-13-10-25(2)21-33(30)45-34/h10-19,21,23-24,32H,4-9,20,22H2,1-3H3,(H,40,41)(H,42,43)/b26-24+,39-35-/t32-/m0/s1. The van der Waals surface area contributed by atoms with Crippen molar-refractivity contribution in [3.63, 3.8) is 0 Å². The van der Waals surface area contributed by atoms with E-state index in [0.29, 0.717) is 10.7 Å². The van der Waals surface area contributed by atoms with Crippen LogP contribution in [0.25, 0.3) is 15.7 Å². The molecular weight excluding hydrogens is 582 g/mol. The molecule has 234 valence electrons. The Balaban J connectivity index is 1.35. The molecule has 1 atom stereocenters. The Morgan fingerprint density at radius 1 is 0.978 bits per heavy atom. The van der Waals surface area contributed by atoms with Gasteiger partial charge in [-0.05, 0) is 78.9 Å². The van der Waals surface area contributed by atoms with Crippen molar-refractivity contribution in [2.24, 2.45) is 9.98 Å². The average molecular weight is 624 g/mol. The van der Waals surface area contributed by atoms with Crippen LogP contribution < -0.4 is 10.1 Å². The summed E-state index contributed by atoms with van der Waals surface area (Å²) in [6.07, 6.45) is 7.93. The molecule has 0 aliphatic carbocycles. The number of hydrogen-bond acceptors (Lipinski definition) is 5. The van der Waals surface area contributed by atoms with Crippen molar-refractivity contribution >= 4 is 51.4 Å². The number of benzene rings is 3. The van der Waals surface area contributed by atoms with Crippen LogP contribution in [0.3, 0.4) is 0 Å². The lowest BCUT2D eigenvalue weighted by molar-refractivity contribution is -0.139. The highest BCUT2D eigenvalue weighted by Crippen LogP contribution is 2.27. The van der Waals surface area contributed by atoms with Gasteiger partial charge in [0.15, 0.2) is 5.84 Å². The molecule has 8 heteroatoms. The highest BCUT2D eigenvalue weighted by Gasteiger charge is 2.22. The fourth-order valence-corrected chi connectivity index (χ4v) is 5.92. The van der Waals surface area contributed by atoms with Crippen LogP contribution in [0.5, 0.6) is 5.75 Å². The number of amides is 1. The van der Waals surface area contributed by atoms with Crippen LogP contribution in [-0.2, 0) is 11.2 Å². The van der Waals surface area contributed by atoms with Crippen LogP contribution in [0.4, 0.5) is 0 Å². The molecule has 0 bridgehead atoms. The molecule has 1 amide bonds. The van der Waals surface area contributed by atoms with E-state index >= 15 is 0 Å². The lowest BCUT2D eigenvalue weighted by atomic mass is 10.0. The van der Waals surface area contributed by atoms with Crippen molar-refractivity contribution in [3.8, 4) is 5.75 Å². The van der Waals surface area contributed by atoms with Gasteiger partial charge < -0.3 is 15.2 Å². The minimum absolute atomic E-state index is 0.136. The topological polar surface area (TPSA) is 100 Å². The number of carboxylic acids is 1. The number of aryl methyl sites for hydroxylation is 1. The molecule has 0 spiro atoms. The van der Waals surface area contributed by atoms with E-state index in [1.807, 2.05) is 80.6 Å². The van der Waals surface area contributed by atoms with Crippen LogP contribution in [-0.4, -0.2) is 42.2 Å². The molecule has 4 rings (SSSR count). The first-order valence-electron chi connectivity index (χ1n) is 15.3. The molecule has 0 aliphatic heterocycles. The lowest BCUT2D eigenvalue weighted by Gasteiger charge is -2.14. The van der Waals surface area contributed by atoms with Gasteiger partial charge in [0.05, 0.1) is 11.5 Å². The molecule has 1 aromatic heterocycles. The second-order valence-corrected chi connectivity index (χ2v) is 12.2. The molecule has 4 aromatic rings. The van der Waals surface area contributed by atoms with Gasteiger partial charge in [0.1, 0.15) is 11.8 Å². The average Bonchev–Trinajstić information content (AvgIpc) is 3.47. The summed E-state index contributed by atoms with van der Waals surface area (Å²) in [6.45, 7) is 10.6. The summed E-state index contributed by atoms with van der Waals surface area (Å²) in [6, 6.07) is 22.0. The maximum atomic E-state index is 12.9. The van der Waals surface area contributed by atoms with Crippen molar-refractivity contribution in [2.75, 3.05) is 6.61 Å². The molecule has 3 aromatic carbocycles. The quantitative estimate of drug-likeness (QED) is 0.0788. The van der Waals surface area contributed by atoms with Crippen LogP contribution in [0.15, 0.2) is 89.0 Å². The van der Waals surface area contributed by atoms with Gasteiger partial charge in [0.25, 0.3) is 5.91 Å². The van der Waals surface area contributed by atoms with Gasteiger partial charge in [0, 0.05) is 22.9 Å². The molecule has 7 nitrogen and oxygen atoms in total. The second-order valence-electron chi connectivity index (χ2n) is 11.1. The number of aliphatic imine (C=N–C) groups is 2. The van der Waals surface area contributed by atoms with Gasteiger partial charge in [-0.25, -0.2) is 14.8 Å². The van der Waals surface area contributed by atoms with Crippen molar-refractivity contribution < 1.29 is 19.4 Å². The molecule has 0 aliphatic rings. The van der Waals surface area contributed by atoms with Gasteiger partial charge in [-0.15, -0.1) is 11.3 Å². The number of amidine groups is 1. The first-order chi connectivity index (χ1) is 21.8.